The van der Waals surface area contributed by atoms with Gasteiger partial charge in [0.05, 0.1) is 17.7 Å². The summed E-state index contributed by atoms with van der Waals surface area (Å²) >= 11 is 0. The van der Waals surface area contributed by atoms with Crippen molar-refractivity contribution >= 4 is 11.8 Å². The molecule has 1 aliphatic carbocycles. The third-order valence-corrected chi connectivity index (χ3v) is 9.76. The molecule has 3 fully saturated rings. The first-order valence-electron chi connectivity index (χ1n) is 15.5. The minimum Gasteiger partial charge on any atom is -0.387 e. The number of amides is 2. The van der Waals surface area contributed by atoms with Gasteiger partial charge in [-0.2, -0.15) is 0 Å². The number of piperidine rings is 1. The lowest BCUT2D eigenvalue weighted by Gasteiger charge is -2.50. The zero-order chi connectivity index (χ0) is 29.0. The van der Waals surface area contributed by atoms with E-state index in [-0.39, 0.29) is 23.9 Å². The molecule has 3 heterocycles. The second kappa shape index (κ2) is 12.5. The summed E-state index contributed by atoms with van der Waals surface area (Å²) in [6.45, 7) is 7.60. The van der Waals surface area contributed by atoms with E-state index < -0.39 is 11.0 Å². The van der Waals surface area contributed by atoms with Crippen molar-refractivity contribution in [3.8, 4) is 11.1 Å². The van der Waals surface area contributed by atoms with Crippen LogP contribution in [-0.4, -0.2) is 76.2 Å². The summed E-state index contributed by atoms with van der Waals surface area (Å²) in [7, 11) is 0. The molecule has 2 aromatic rings. The number of nitrogens with zero attached hydrogens (tertiary/aromatic N) is 3. The van der Waals surface area contributed by atoms with E-state index in [1.807, 2.05) is 54.0 Å². The van der Waals surface area contributed by atoms with Gasteiger partial charge in [-0.3, -0.25) is 14.4 Å². The normalized spacial score (nSPS) is 23.4. The zero-order valence-corrected chi connectivity index (χ0v) is 24.7. The second-order valence-corrected chi connectivity index (χ2v) is 13.0. The molecule has 2 saturated heterocycles. The Morgan fingerprint density at radius 3 is 2.39 bits per heavy atom. The van der Waals surface area contributed by atoms with Gasteiger partial charge in [-0.25, -0.2) is 0 Å². The highest BCUT2D eigenvalue weighted by Gasteiger charge is 2.49. The number of hydrogen-bond acceptors (Lipinski definition) is 5. The third kappa shape index (κ3) is 6.59. The molecule has 1 aromatic heterocycles. The van der Waals surface area contributed by atoms with Gasteiger partial charge in [-0.1, -0.05) is 76.3 Å². The molecule has 8 heteroatoms. The van der Waals surface area contributed by atoms with Crippen LogP contribution in [0.25, 0.3) is 11.1 Å². The number of hydrogen-bond donors (Lipinski definition) is 2. The number of carbonyl (C=O) groups excluding carboxylic acids is 2. The smallest absolute Gasteiger partial charge is 0.256 e. The van der Waals surface area contributed by atoms with E-state index in [0.717, 1.165) is 25.1 Å². The number of aliphatic hydroxyl groups is 1. The highest BCUT2D eigenvalue weighted by atomic mass is 16.3. The molecule has 1 aromatic carbocycles. The Morgan fingerprint density at radius 1 is 1.00 bits per heavy atom. The molecule has 0 radical (unpaired) electrons. The van der Waals surface area contributed by atoms with E-state index in [1.165, 1.54) is 42.7 Å². The summed E-state index contributed by atoms with van der Waals surface area (Å²) in [4.78, 5) is 44.0. The average Bonchev–Trinajstić information content (AvgIpc) is 2.99. The van der Waals surface area contributed by atoms with E-state index in [1.54, 1.807) is 6.20 Å². The first-order valence-corrected chi connectivity index (χ1v) is 15.5. The van der Waals surface area contributed by atoms with Crippen molar-refractivity contribution < 1.29 is 14.7 Å². The number of carbonyl (C=O) groups is 2. The lowest BCUT2D eigenvalue weighted by atomic mass is 9.69. The van der Waals surface area contributed by atoms with E-state index in [2.05, 4.69) is 5.32 Å². The van der Waals surface area contributed by atoms with E-state index >= 15 is 0 Å². The van der Waals surface area contributed by atoms with Gasteiger partial charge in [0.2, 0.25) is 5.91 Å². The number of pyridine rings is 1. The maximum absolute atomic E-state index is 13.7. The number of likely N-dealkylation sites (tertiary alicyclic amines) is 1. The van der Waals surface area contributed by atoms with E-state index in [4.69, 9.17) is 0 Å². The Morgan fingerprint density at radius 2 is 1.71 bits per heavy atom. The van der Waals surface area contributed by atoms with E-state index in [0.29, 0.717) is 56.1 Å². The van der Waals surface area contributed by atoms with Crippen molar-refractivity contribution in [1.82, 2.24) is 19.7 Å². The fourth-order valence-electron chi connectivity index (χ4n) is 6.87. The number of aromatic nitrogens is 1. The van der Waals surface area contributed by atoms with Gasteiger partial charge in [-0.15, -0.1) is 0 Å². The Balaban J connectivity index is 1.35. The largest absolute Gasteiger partial charge is 0.387 e. The zero-order valence-electron chi connectivity index (χ0n) is 24.7. The number of rotatable bonds is 7. The highest BCUT2D eigenvalue weighted by molar-refractivity contribution is 6.00. The van der Waals surface area contributed by atoms with Gasteiger partial charge >= 0.3 is 0 Å². The fraction of sp³-hybridized carbons (Fsp3) is 0.606. The Kier molecular flexibility index (Phi) is 9.00. The molecular weight excluding hydrogens is 516 g/mol. The predicted octanol–water partition coefficient (Wildman–Crippen LogP) is 3.91. The maximum atomic E-state index is 13.7. The molecule has 1 unspecified atom stereocenters. The van der Waals surface area contributed by atoms with Crippen LogP contribution in [0.15, 0.2) is 47.4 Å². The van der Waals surface area contributed by atoms with Crippen LogP contribution in [0.1, 0.15) is 75.6 Å². The van der Waals surface area contributed by atoms with Crippen LogP contribution in [0.3, 0.4) is 0 Å². The Bertz CT molecular complexity index is 1280. The second-order valence-electron chi connectivity index (χ2n) is 13.0. The molecule has 2 N–H and O–H groups in total. The van der Waals surface area contributed by atoms with Crippen molar-refractivity contribution in [3.05, 3.63) is 58.5 Å². The SMILES string of the molecule is CC1(C)CN(C(=O)CCC2CCCCC2)CCC1(O)Cn1cc(C(=O)N2CCNCC2)c(-c2ccccc2)cc1=O. The van der Waals surface area contributed by atoms with Gasteiger partial charge in [0, 0.05) is 68.9 Å². The van der Waals surface area contributed by atoms with Crippen molar-refractivity contribution in [2.75, 3.05) is 39.3 Å². The van der Waals surface area contributed by atoms with Gasteiger partial charge in [0.15, 0.2) is 0 Å². The van der Waals surface area contributed by atoms with E-state index in [9.17, 15) is 19.5 Å². The monoisotopic (exact) mass is 562 g/mol. The van der Waals surface area contributed by atoms with Gasteiger partial charge in [0.25, 0.3) is 11.5 Å². The molecular formula is C33H46N4O4. The van der Waals surface area contributed by atoms with Crippen molar-refractivity contribution in [2.24, 2.45) is 11.3 Å². The molecule has 222 valence electrons. The van der Waals surface area contributed by atoms with Gasteiger partial charge < -0.3 is 24.8 Å². The van der Waals surface area contributed by atoms with Crippen LogP contribution in [0.2, 0.25) is 0 Å². The van der Waals surface area contributed by atoms with Crippen LogP contribution in [0.4, 0.5) is 0 Å². The maximum Gasteiger partial charge on any atom is 0.256 e. The van der Waals surface area contributed by atoms with Crippen molar-refractivity contribution in [2.45, 2.75) is 77.4 Å². The summed E-state index contributed by atoms with van der Waals surface area (Å²) in [5, 5.41) is 15.3. The predicted molar refractivity (Wildman–Crippen MR) is 161 cm³/mol. The van der Waals surface area contributed by atoms with Crippen LogP contribution >= 0.6 is 0 Å². The fourth-order valence-corrected chi connectivity index (χ4v) is 6.87. The summed E-state index contributed by atoms with van der Waals surface area (Å²) < 4.78 is 1.50. The molecule has 1 atom stereocenters. The minimum absolute atomic E-state index is 0.0693. The van der Waals surface area contributed by atoms with Gasteiger partial charge in [0.1, 0.15) is 0 Å². The molecule has 2 amide bonds. The Hall–Kier alpha value is -2.97. The molecule has 0 bridgehead atoms. The first-order chi connectivity index (χ1) is 19.7. The lowest BCUT2D eigenvalue weighted by molar-refractivity contribution is -0.154. The average molecular weight is 563 g/mol. The quantitative estimate of drug-likeness (QED) is 0.534. The lowest BCUT2D eigenvalue weighted by Crippen LogP contribution is -2.60. The number of benzene rings is 1. The van der Waals surface area contributed by atoms with Crippen LogP contribution in [0, 0.1) is 11.3 Å². The minimum atomic E-state index is -1.21. The first kappa shape index (κ1) is 29.5. The number of nitrogens with one attached hydrogen (secondary N) is 1. The molecule has 2 aliphatic heterocycles. The molecule has 3 aliphatic rings. The van der Waals surface area contributed by atoms with Crippen molar-refractivity contribution in [3.63, 3.8) is 0 Å². The number of piperazine rings is 1. The van der Waals surface area contributed by atoms with Crippen LogP contribution < -0.4 is 10.9 Å². The van der Waals surface area contributed by atoms with Gasteiger partial charge in [-0.05, 0) is 24.3 Å². The standard InChI is InChI=1S/C33H46N4O4/c1-32(2)23-36(29(38)14-13-25-9-5-3-6-10-25)18-15-33(32,41)24-37-22-28(31(40)35-19-16-34-17-20-35)27(21-30(37)39)26-11-7-4-8-12-26/h4,7-8,11-12,21-22,25,34,41H,3,5-6,9-10,13-20,23-24H2,1-2H3. The van der Waals surface area contributed by atoms with Crippen LogP contribution in [-0.2, 0) is 11.3 Å². The van der Waals surface area contributed by atoms with Crippen LogP contribution in [0.5, 0.6) is 0 Å². The summed E-state index contributed by atoms with van der Waals surface area (Å²) in [6, 6.07) is 11.1. The molecule has 1 saturated carbocycles. The molecule has 8 nitrogen and oxygen atoms in total. The topological polar surface area (TPSA) is 94.9 Å². The van der Waals surface area contributed by atoms with Crippen molar-refractivity contribution in [1.29, 1.82) is 0 Å². The Labute approximate surface area is 243 Å². The summed E-state index contributed by atoms with van der Waals surface area (Å²) in [5.41, 5.74) is -0.202. The summed E-state index contributed by atoms with van der Waals surface area (Å²) in [5.74, 6) is 0.717. The summed E-state index contributed by atoms with van der Waals surface area (Å²) in [6.07, 6.45) is 9.86. The third-order valence-electron chi connectivity index (χ3n) is 9.76. The molecule has 5 rings (SSSR count). The highest BCUT2D eigenvalue weighted by Crippen LogP contribution is 2.40. The molecule has 41 heavy (non-hydrogen) atoms. The molecule has 0 spiro atoms.